The van der Waals surface area contributed by atoms with Crippen molar-refractivity contribution in [1.29, 1.82) is 0 Å². The average Bonchev–Trinajstić information content (AvgIpc) is 3.39. The number of anilines is 1. The lowest BCUT2D eigenvalue weighted by molar-refractivity contribution is 0.0991. The van der Waals surface area contributed by atoms with Crippen LogP contribution in [0.5, 0.6) is 5.75 Å². The van der Waals surface area contributed by atoms with Gasteiger partial charge in [0.15, 0.2) is 5.76 Å². The van der Waals surface area contributed by atoms with Crippen LogP contribution in [0.15, 0.2) is 87.9 Å². The van der Waals surface area contributed by atoms with E-state index in [1.165, 1.54) is 0 Å². The standard InChI is InChI=1S/C22H18BrN3O3/c23-17-8-6-16(7-9-17)14-26-21(12-13-24-26)25-22(27)20-11-10-19(29-20)15-28-18-4-2-1-3-5-18/h1-13H,14-15H2,(H,25,27). The lowest BCUT2D eigenvalue weighted by Gasteiger charge is -2.08. The van der Waals surface area contributed by atoms with E-state index in [9.17, 15) is 4.79 Å². The first-order valence-corrected chi connectivity index (χ1v) is 9.81. The molecule has 0 radical (unpaired) electrons. The molecule has 0 fully saturated rings. The summed E-state index contributed by atoms with van der Waals surface area (Å²) < 4.78 is 14.0. The van der Waals surface area contributed by atoms with Crippen molar-refractivity contribution in [2.75, 3.05) is 5.32 Å². The molecule has 0 aliphatic carbocycles. The summed E-state index contributed by atoms with van der Waals surface area (Å²) in [6.45, 7) is 0.795. The van der Waals surface area contributed by atoms with E-state index in [1.807, 2.05) is 54.6 Å². The molecule has 6 nitrogen and oxygen atoms in total. The first-order valence-electron chi connectivity index (χ1n) is 9.01. The van der Waals surface area contributed by atoms with Gasteiger partial charge in [0, 0.05) is 10.5 Å². The molecule has 0 bridgehead atoms. The number of halogens is 1. The SMILES string of the molecule is O=C(Nc1ccnn1Cc1ccc(Br)cc1)c1ccc(COc2ccccc2)o1. The van der Waals surface area contributed by atoms with Crippen LogP contribution in [0.2, 0.25) is 0 Å². The molecule has 0 unspecified atom stereocenters. The van der Waals surface area contributed by atoms with E-state index in [0.717, 1.165) is 15.8 Å². The fraction of sp³-hybridized carbons (Fsp3) is 0.0909. The molecule has 0 aliphatic rings. The molecular formula is C22H18BrN3O3. The lowest BCUT2D eigenvalue weighted by atomic mass is 10.2. The van der Waals surface area contributed by atoms with Gasteiger partial charge in [0.1, 0.15) is 23.9 Å². The van der Waals surface area contributed by atoms with Crippen molar-refractivity contribution in [3.05, 3.63) is 101 Å². The fourth-order valence-electron chi connectivity index (χ4n) is 2.75. The molecule has 29 heavy (non-hydrogen) atoms. The minimum atomic E-state index is -0.339. The van der Waals surface area contributed by atoms with Gasteiger partial charge in [-0.05, 0) is 42.0 Å². The number of carbonyl (C=O) groups is 1. The van der Waals surface area contributed by atoms with Crippen LogP contribution in [0.3, 0.4) is 0 Å². The smallest absolute Gasteiger partial charge is 0.292 e. The van der Waals surface area contributed by atoms with Gasteiger partial charge in [-0.25, -0.2) is 4.68 Å². The molecule has 146 valence electrons. The summed E-state index contributed by atoms with van der Waals surface area (Å²) in [7, 11) is 0. The Morgan fingerprint density at radius 2 is 1.83 bits per heavy atom. The van der Waals surface area contributed by atoms with E-state index in [0.29, 0.717) is 18.1 Å². The normalized spacial score (nSPS) is 10.7. The maximum atomic E-state index is 12.6. The quantitative estimate of drug-likeness (QED) is 0.423. The Bertz CT molecular complexity index is 1090. The zero-order chi connectivity index (χ0) is 20.1. The summed E-state index contributed by atoms with van der Waals surface area (Å²) in [5, 5.41) is 7.13. The minimum absolute atomic E-state index is 0.216. The summed E-state index contributed by atoms with van der Waals surface area (Å²) in [5.74, 6) is 1.78. The molecule has 7 heteroatoms. The molecule has 0 saturated carbocycles. The summed E-state index contributed by atoms with van der Waals surface area (Å²) >= 11 is 3.42. The highest BCUT2D eigenvalue weighted by Gasteiger charge is 2.14. The van der Waals surface area contributed by atoms with Crippen LogP contribution >= 0.6 is 15.9 Å². The van der Waals surface area contributed by atoms with Crippen molar-refractivity contribution in [3.63, 3.8) is 0 Å². The van der Waals surface area contributed by atoms with Crippen LogP contribution in [0.1, 0.15) is 21.9 Å². The van der Waals surface area contributed by atoms with E-state index in [2.05, 4.69) is 26.3 Å². The van der Waals surface area contributed by atoms with Crippen LogP contribution < -0.4 is 10.1 Å². The Morgan fingerprint density at radius 1 is 1.03 bits per heavy atom. The third-order valence-corrected chi connectivity index (χ3v) is 4.74. The Labute approximate surface area is 176 Å². The third kappa shape index (κ3) is 4.94. The van der Waals surface area contributed by atoms with Crippen LogP contribution in [0, 0.1) is 0 Å². The van der Waals surface area contributed by atoms with Gasteiger partial charge in [0.25, 0.3) is 5.91 Å². The largest absolute Gasteiger partial charge is 0.486 e. The molecule has 2 aromatic heterocycles. The number of benzene rings is 2. The number of ether oxygens (including phenoxy) is 1. The molecule has 4 rings (SSSR count). The van der Waals surface area contributed by atoms with Crippen molar-refractivity contribution in [2.45, 2.75) is 13.2 Å². The van der Waals surface area contributed by atoms with Gasteiger partial charge in [0.05, 0.1) is 12.7 Å². The van der Waals surface area contributed by atoms with Gasteiger partial charge in [-0.3, -0.25) is 4.79 Å². The molecule has 1 amide bonds. The minimum Gasteiger partial charge on any atom is -0.486 e. The highest BCUT2D eigenvalue weighted by molar-refractivity contribution is 9.10. The van der Waals surface area contributed by atoms with Crippen molar-refractivity contribution < 1.29 is 13.9 Å². The van der Waals surface area contributed by atoms with Gasteiger partial charge >= 0.3 is 0 Å². The Kier molecular flexibility index (Phi) is 5.76. The average molecular weight is 452 g/mol. The zero-order valence-corrected chi connectivity index (χ0v) is 17.0. The molecule has 0 spiro atoms. The van der Waals surface area contributed by atoms with Crippen molar-refractivity contribution in [2.24, 2.45) is 0 Å². The molecule has 2 aromatic carbocycles. The zero-order valence-electron chi connectivity index (χ0n) is 15.4. The Hall–Kier alpha value is -3.32. The maximum absolute atomic E-state index is 12.6. The number of rotatable bonds is 7. The number of hydrogen-bond donors (Lipinski definition) is 1. The van der Waals surface area contributed by atoms with Gasteiger partial charge in [-0.15, -0.1) is 0 Å². The summed E-state index contributed by atoms with van der Waals surface area (Å²) in [4.78, 5) is 12.6. The van der Waals surface area contributed by atoms with E-state index < -0.39 is 0 Å². The van der Waals surface area contributed by atoms with E-state index >= 15 is 0 Å². The van der Waals surface area contributed by atoms with Gasteiger partial charge in [0.2, 0.25) is 0 Å². The predicted molar refractivity (Wildman–Crippen MR) is 113 cm³/mol. The van der Waals surface area contributed by atoms with Crippen LogP contribution in [-0.4, -0.2) is 15.7 Å². The number of para-hydroxylation sites is 1. The molecule has 0 saturated heterocycles. The second kappa shape index (κ2) is 8.79. The topological polar surface area (TPSA) is 69.3 Å². The summed E-state index contributed by atoms with van der Waals surface area (Å²) in [6.07, 6.45) is 1.65. The van der Waals surface area contributed by atoms with Gasteiger partial charge in [-0.1, -0.05) is 46.3 Å². The van der Waals surface area contributed by atoms with Crippen LogP contribution in [-0.2, 0) is 13.2 Å². The van der Waals surface area contributed by atoms with E-state index in [4.69, 9.17) is 9.15 Å². The number of carbonyl (C=O) groups excluding carboxylic acids is 1. The van der Waals surface area contributed by atoms with Gasteiger partial charge < -0.3 is 14.5 Å². The monoisotopic (exact) mass is 451 g/mol. The van der Waals surface area contributed by atoms with Crippen molar-refractivity contribution >= 4 is 27.7 Å². The lowest BCUT2D eigenvalue weighted by Crippen LogP contribution is -2.15. The fourth-order valence-corrected chi connectivity index (χ4v) is 3.02. The number of hydrogen-bond acceptors (Lipinski definition) is 4. The van der Waals surface area contributed by atoms with Crippen molar-refractivity contribution in [3.8, 4) is 5.75 Å². The predicted octanol–water partition coefficient (Wildman–Crippen LogP) is 5.12. The molecule has 1 N–H and O–H groups in total. The third-order valence-electron chi connectivity index (χ3n) is 4.21. The number of amides is 1. The Morgan fingerprint density at radius 3 is 2.62 bits per heavy atom. The van der Waals surface area contributed by atoms with Crippen LogP contribution in [0.4, 0.5) is 5.82 Å². The molecule has 0 aliphatic heterocycles. The number of nitrogens with one attached hydrogen (secondary N) is 1. The summed E-state index contributed by atoms with van der Waals surface area (Å²) in [5.41, 5.74) is 1.07. The van der Waals surface area contributed by atoms with Crippen LogP contribution in [0.25, 0.3) is 0 Å². The highest BCUT2D eigenvalue weighted by Crippen LogP contribution is 2.17. The molecule has 4 aromatic rings. The maximum Gasteiger partial charge on any atom is 0.292 e. The van der Waals surface area contributed by atoms with Crippen molar-refractivity contribution in [1.82, 2.24) is 9.78 Å². The molecule has 2 heterocycles. The number of aromatic nitrogens is 2. The number of furan rings is 1. The highest BCUT2D eigenvalue weighted by atomic mass is 79.9. The van der Waals surface area contributed by atoms with E-state index in [1.54, 1.807) is 29.1 Å². The second-order valence-electron chi connectivity index (χ2n) is 6.32. The van der Waals surface area contributed by atoms with E-state index in [-0.39, 0.29) is 18.3 Å². The Balaban J connectivity index is 1.38. The second-order valence-corrected chi connectivity index (χ2v) is 7.24. The summed E-state index contributed by atoms with van der Waals surface area (Å²) in [6, 6.07) is 22.5. The molecule has 0 atom stereocenters. The van der Waals surface area contributed by atoms with Gasteiger partial charge in [-0.2, -0.15) is 5.10 Å². The molecular weight excluding hydrogens is 434 g/mol. The first kappa shape index (κ1) is 19.0. The first-order chi connectivity index (χ1) is 14.2. The number of nitrogens with zero attached hydrogens (tertiary/aromatic N) is 2.